The van der Waals surface area contributed by atoms with E-state index in [4.69, 9.17) is 10.5 Å². The van der Waals surface area contributed by atoms with Crippen LogP contribution in [0.3, 0.4) is 0 Å². The van der Waals surface area contributed by atoms with Gasteiger partial charge in [-0.05, 0) is 24.0 Å². The van der Waals surface area contributed by atoms with E-state index in [0.717, 1.165) is 22.1 Å². The lowest BCUT2D eigenvalue weighted by Gasteiger charge is -2.24. The third-order valence-corrected chi connectivity index (χ3v) is 3.92. The first-order valence-electron chi connectivity index (χ1n) is 7.05. The minimum atomic E-state index is -0.195. The highest BCUT2D eigenvalue weighted by atomic mass is 79.9. The van der Waals surface area contributed by atoms with Crippen molar-refractivity contribution in [2.75, 3.05) is 19.0 Å². The van der Waals surface area contributed by atoms with Crippen molar-refractivity contribution in [2.24, 2.45) is 17.1 Å². The van der Waals surface area contributed by atoms with Gasteiger partial charge in [0.15, 0.2) is 0 Å². The molecule has 1 amide bonds. The number of nitrogens with one attached hydrogen (secondary N) is 1. The normalized spacial score (nSPS) is 13.0. The van der Waals surface area contributed by atoms with E-state index in [1.807, 2.05) is 18.2 Å². The summed E-state index contributed by atoms with van der Waals surface area (Å²) in [4.78, 5) is 12.4. The van der Waals surface area contributed by atoms with Crippen LogP contribution in [-0.2, 0) is 16.1 Å². The maximum Gasteiger partial charge on any atom is 0.228 e. The summed E-state index contributed by atoms with van der Waals surface area (Å²) in [5, 5.41) is 2.98. The number of hydrogen-bond acceptors (Lipinski definition) is 3. The lowest BCUT2D eigenvalue weighted by atomic mass is 9.84. The van der Waals surface area contributed by atoms with Crippen molar-refractivity contribution in [3.05, 3.63) is 28.2 Å². The molecule has 0 spiro atoms. The fourth-order valence-electron chi connectivity index (χ4n) is 2.22. The van der Waals surface area contributed by atoms with E-state index >= 15 is 0 Å². The standard InChI is InChI=1S/C16H25BrN2O2/c1-16(2,3)8-11(9-18)15(20)19-14-7-5-6-13(17)12(14)10-21-4/h5-7,11H,8-10,18H2,1-4H3,(H,19,20). The van der Waals surface area contributed by atoms with Crippen molar-refractivity contribution in [3.63, 3.8) is 0 Å². The van der Waals surface area contributed by atoms with Crippen LogP contribution in [0.25, 0.3) is 0 Å². The number of carbonyl (C=O) groups excluding carboxylic acids is 1. The molecule has 0 bridgehead atoms. The maximum absolute atomic E-state index is 12.4. The van der Waals surface area contributed by atoms with Crippen molar-refractivity contribution in [1.29, 1.82) is 0 Å². The Morgan fingerprint density at radius 3 is 2.62 bits per heavy atom. The van der Waals surface area contributed by atoms with E-state index in [0.29, 0.717) is 13.2 Å². The second kappa shape index (κ2) is 7.92. The van der Waals surface area contributed by atoms with Gasteiger partial charge in [-0.3, -0.25) is 4.79 Å². The minimum Gasteiger partial charge on any atom is -0.380 e. The van der Waals surface area contributed by atoms with Crippen molar-refractivity contribution in [3.8, 4) is 0 Å². The first-order chi connectivity index (χ1) is 9.78. The number of hydrogen-bond donors (Lipinski definition) is 2. The van der Waals surface area contributed by atoms with Gasteiger partial charge in [-0.25, -0.2) is 0 Å². The number of ether oxygens (including phenoxy) is 1. The molecule has 4 nitrogen and oxygen atoms in total. The predicted octanol–water partition coefficient (Wildman–Crippen LogP) is 3.55. The molecule has 118 valence electrons. The van der Waals surface area contributed by atoms with Crippen LogP contribution < -0.4 is 11.1 Å². The molecule has 0 saturated carbocycles. The number of amides is 1. The molecule has 0 saturated heterocycles. The molecule has 0 radical (unpaired) electrons. The summed E-state index contributed by atoms with van der Waals surface area (Å²) in [7, 11) is 1.63. The molecule has 0 aliphatic carbocycles. The molecule has 0 aliphatic rings. The van der Waals surface area contributed by atoms with Crippen LogP contribution in [0.5, 0.6) is 0 Å². The fraction of sp³-hybridized carbons (Fsp3) is 0.562. The Morgan fingerprint density at radius 2 is 2.10 bits per heavy atom. The molecule has 5 heteroatoms. The van der Waals surface area contributed by atoms with Crippen LogP contribution in [0.1, 0.15) is 32.8 Å². The highest BCUT2D eigenvalue weighted by molar-refractivity contribution is 9.10. The van der Waals surface area contributed by atoms with Gasteiger partial charge in [-0.1, -0.05) is 42.8 Å². The van der Waals surface area contributed by atoms with E-state index < -0.39 is 0 Å². The quantitative estimate of drug-likeness (QED) is 0.818. The zero-order valence-electron chi connectivity index (χ0n) is 13.2. The largest absolute Gasteiger partial charge is 0.380 e. The predicted molar refractivity (Wildman–Crippen MR) is 90.1 cm³/mol. The van der Waals surface area contributed by atoms with E-state index in [1.54, 1.807) is 7.11 Å². The van der Waals surface area contributed by atoms with Crippen molar-refractivity contribution >= 4 is 27.5 Å². The second-order valence-electron chi connectivity index (χ2n) is 6.39. The number of rotatable bonds is 6. The van der Waals surface area contributed by atoms with Gasteiger partial charge in [0.05, 0.1) is 12.5 Å². The van der Waals surface area contributed by atoms with Gasteiger partial charge < -0.3 is 15.8 Å². The Labute approximate surface area is 135 Å². The average Bonchev–Trinajstić information content (AvgIpc) is 2.39. The SMILES string of the molecule is COCc1c(Br)cccc1NC(=O)C(CN)CC(C)(C)C. The Balaban J connectivity index is 2.89. The molecule has 1 aromatic rings. The summed E-state index contributed by atoms with van der Waals surface area (Å²) in [5.41, 5.74) is 7.53. The molecule has 0 heterocycles. The lowest BCUT2D eigenvalue weighted by molar-refractivity contribution is -0.120. The molecule has 1 aromatic carbocycles. The number of carbonyl (C=O) groups is 1. The van der Waals surface area contributed by atoms with Gasteiger partial charge in [0.1, 0.15) is 0 Å². The number of anilines is 1. The van der Waals surface area contributed by atoms with Gasteiger partial charge in [0.2, 0.25) is 5.91 Å². The van der Waals surface area contributed by atoms with Gasteiger partial charge in [-0.2, -0.15) is 0 Å². The van der Waals surface area contributed by atoms with E-state index in [1.165, 1.54) is 0 Å². The smallest absolute Gasteiger partial charge is 0.228 e. The number of methoxy groups -OCH3 is 1. The summed E-state index contributed by atoms with van der Waals surface area (Å²) in [6.45, 7) is 7.11. The van der Waals surface area contributed by atoms with E-state index in [2.05, 4.69) is 42.0 Å². The van der Waals surface area contributed by atoms with Gasteiger partial charge in [0.25, 0.3) is 0 Å². The minimum absolute atomic E-state index is 0.0390. The van der Waals surface area contributed by atoms with Gasteiger partial charge in [0, 0.05) is 29.4 Å². The van der Waals surface area contributed by atoms with Crippen molar-refractivity contribution in [1.82, 2.24) is 0 Å². The summed E-state index contributed by atoms with van der Waals surface area (Å²) in [5.74, 6) is -0.234. The summed E-state index contributed by atoms with van der Waals surface area (Å²) in [6, 6.07) is 5.70. The molecule has 0 aliphatic heterocycles. The van der Waals surface area contributed by atoms with Crippen molar-refractivity contribution < 1.29 is 9.53 Å². The van der Waals surface area contributed by atoms with Crippen LogP contribution in [-0.4, -0.2) is 19.6 Å². The molecular weight excluding hydrogens is 332 g/mol. The average molecular weight is 357 g/mol. The Bertz CT molecular complexity index is 484. The molecule has 0 fully saturated rings. The van der Waals surface area contributed by atoms with Crippen molar-refractivity contribution in [2.45, 2.75) is 33.8 Å². The molecule has 1 unspecified atom stereocenters. The summed E-state index contributed by atoms with van der Waals surface area (Å²) in [6.07, 6.45) is 0.753. The third kappa shape index (κ3) is 5.77. The lowest BCUT2D eigenvalue weighted by Crippen LogP contribution is -2.32. The highest BCUT2D eigenvalue weighted by Crippen LogP contribution is 2.28. The van der Waals surface area contributed by atoms with Crippen LogP contribution >= 0.6 is 15.9 Å². The number of benzene rings is 1. The van der Waals surface area contributed by atoms with Gasteiger partial charge in [-0.15, -0.1) is 0 Å². The summed E-state index contributed by atoms with van der Waals surface area (Å²) >= 11 is 3.48. The zero-order chi connectivity index (χ0) is 16.0. The maximum atomic E-state index is 12.4. The first-order valence-corrected chi connectivity index (χ1v) is 7.85. The van der Waals surface area contributed by atoms with E-state index in [9.17, 15) is 4.79 Å². The Kier molecular flexibility index (Phi) is 6.84. The third-order valence-electron chi connectivity index (χ3n) is 3.18. The van der Waals surface area contributed by atoms with Crippen LogP contribution in [0.15, 0.2) is 22.7 Å². The first kappa shape index (κ1) is 18.1. The molecule has 0 aromatic heterocycles. The Morgan fingerprint density at radius 1 is 1.43 bits per heavy atom. The molecule has 1 rings (SSSR count). The van der Waals surface area contributed by atoms with Crippen LogP contribution in [0.2, 0.25) is 0 Å². The monoisotopic (exact) mass is 356 g/mol. The van der Waals surface area contributed by atoms with Gasteiger partial charge >= 0.3 is 0 Å². The summed E-state index contributed by atoms with van der Waals surface area (Å²) < 4.78 is 6.11. The molecule has 21 heavy (non-hydrogen) atoms. The molecular formula is C16H25BrN2O2. The zero-order valence-corrected chi connectivity index (χ0v) is 14.8. The fourth-order valence-corrected chi connectivity index (χ4v) is 2.70. The van der Waals surface area contributed by atoms with Crippen LogP contribution in [0.4, 0.5) is 5.69 Å². The Hall–Kier alpha value is -0.910. The second-order valence-corrected chi connectivity index (χ2v) is 7.24. The molecule has 3 N–H and O–H groups in total. The molecule has 1 atom stereocenters. The van der Waals surface area contributed by atoms with E-state index in [-0.39, 0.29) is 17.2 Å². The number of nitrogens with two attached hydrogens (primary N) is 1. The highest BCUT2D eigenvalue weighted by Gasteiger charge is 2.24. The number of halogens is 1. The van der Waals surface area contributed by atoms with Crippen LogP contribution in [0, 0.1) is 11.3 Å². The topological polar surface area (TPSA) is 64.3 Å².